The van der Waals surface area contributed by atoms with E-state index in [1.807, 2.05) is 0 Å². The Bertz CT molecular complexity index is 530. The number of sulfone groups is 1. The Morgan fingerprint density at radius 2 is 2.06 bits per heavy atom. The molecule has 1 aromatic rings. The molecule has 1 saturated heterocycles. The van der Waals surface area contributed by atoms with Crippen molar-refractivity contribution in [3.63, 3.8) is 0 Å². The molecule has 2 atom stereocenters. The van der Waals surface area contributed by atoms with Gasteiger partial charge < -0.3 is 0 Å². The fourth-order valence-electron chi connectivity index (χ4n) is 2.03. The van der Waals surface area contributed by atoms with Gasteiger partial charge in [-0.25, -0.2) is 17.2 Å². The van der Waals surface area contributed by atoms with E-state index in [2.05, 4.69) is 15.9 Å². The first-order chi connectivity index (χ1) is 7.89. The first-order valence-corrected chi connectivity index (χ1v) is 7.92. The van der Waals surface area contributed by atoms with Crippen LogP contribution >= 0.6 is 15.9 Å². The molecule has 0 N–H and O–H groups in total. The molecule has 2 nitrogen and oxygen atoms in total. The van der Waals surface area contributed by atoms with Crippen LogP contribution in [0.1, 0.15) is 16.8 Å². The van der Waals surface area contributed by atoms with Gasteiger partial charge in [-0.05, 0) is 18.4 Å². The van der Waals surface area contributed by atoms with E-state index in [4.69, 9.17) is 0 Å². The van der Waals surface area contributed by atoms with E-state index in [1.54, 1.807) is 0 Å². The second-order valence-electron chi connectivity index (χ2n) is 4.23. The molecule has 2 unspecified atom stereocenters. The summed E-state index contributed by atoms with van der Waals surface area (Å²) in [5, 5.41) is 0. The van der Waals surface area contributed by atoms with Crippen molar-refractivity contribution >= 4 is 25.8 Å². The number of alkyl halides is 1. The maximum atomic E-state index is 13.5. The quantitative estimate of drug-likeness (QED) is 0.784. The Kier molecular flexibility index (Phi) is 3.54. The number of rotatable bonds is 2. The molecule has 1 aliphatic rings. The Hall–Kier alpha value is -0.490. The van der Waals surface area contributed by atoms with E-state index in [1.165, 1.54) is 12.1 Å². The molecule has 0 amide bonds. The van der Waals surface area contributed by atoms with Gasteiger partial charge >= 0.3 is 0 Å². The molecule has 6 heteroatoms. The van der Waals surface area contributed by atoms with Crippen molar-refractivity contribution in [2.45, 2.75) is 11.2 Å². The molecule has 1 aromatic carbocycles. The van der Waals surface area contributed by atoms with Crippen LogP contribution in [0, 0.1) is 17.6 Å². The molecule has 1 heterocycles. The lowest BCUT2D eigenvalue weighted by molar-refractivity contribution is 0.534. The summed E-state index contributed by atoms with van der Waals surface area (Å²) >= 11 is 3.31. The summed E-state index contributed by atoms with van der Waals surface area (Å²) < 4.78 is 49.0. The first-order valence-electron chi connectivity index (χ1n) is 5.18. The van der Waals surface area contributed by atoms with Crippen LogP contribution in [-0.4, -0.2) is 19.9 Å². The summed E-state index contributed by atoms with van der Waals surface area (Å²) in [7, 11) is -3.00. The molecule has 2 rings (SSSR count). The molecule has 1 aliphatic heterocycles. The standard InChI is InChI=1S/C11H11BrF2O2S/c12-11(7-3-4-17(15,16)6-7)9-2-1-8(13)5-10(9)14/h1-2,5,7,11H,3-4,6H2. The molecule has 0 aliphatic carbocycles. The van der Waals surface area contributed by atoms with Crippen molar-refractivity contribution in [3.8, 4) is 0 Å². The molecule has 0 spiro atoms. The average molecular weight is 325 g/mol. The van der Waals surface area contributed by atoms with Crippen molar-refractivity contribution in [1.29, 1.82) is 0 Å². The first kappa shape index (κ1) is 13.0. The van der Waals surface area contributed by atoms with Gasteiger partial charge in [-0.3, -0.25) is 0 Å². The second kappa shape index (κ2) is 4.65. The Balaban J connectivity index is 2.23. The number of hydrogen-bond donors (Lipinski definition) is 0. The lowest BCUT2D eigenvalue weighted by atomic mass is 9.98. The SMILES string of the molecule is O=S1(=O)CCC(C(Br)c2ccc(F)cc2F)C1. The minimum Gasteiger partial charge on any atom is -0.229 e. The number of benzene rings is 1. The van der Waals surface area contributed by atoms with Gasteiger partial charge in [0.05, 0.1) is 11.5 Å². The van der Waals surface area contributed by atoms with Crippen LogP contribution in [-0.2, 0) is 9.84 Å². The topological polar surface area (TPSA) is 34.1 Å². The van der Waals surface area contributed by atoms with Gasteiger partial charge in [0, 0.05) is 16.5 Å². The van der Waals surface area contributed by atoms with Gasteiger partial charge in [-0.15, -0.1) is 0 Å². The van der Waals surface area contributed by atoms with Gasteiger partial charge in [-0.1, -0.05) is 22.0 Å². The van der Waals surface area contributed by atoms with Crippen LogP contribution < -0.4 is 0 Å². The van der Waals surface area contributed by atoms with Crippen LogP contribution in [0.15, 0.2) is 18.2 Å². The number of halogens is 3. The fraction of sp³-hybridized carbons (Fsp3) is 0.455. The lowest BCUT2D eigenvalue weighted by Crippen LogP contribution is -2.11. The molecular formula is C11H11BrF2O2S. The van der Waals surface area contributed by atoms with Gasteiger partial charge in [-0.2, -0.15) is 0 Å². The van der Waals surface area contributed by atoms with Gasteiger partial charge in [0.25, 0.3) is 0 Å². The molecule has 94 valence electrons. The molecule has 1 fully saturated rings. The maximum absolute atomic E-state index is 13.5. The summed E-state index contributed by atoms with van der Waals surface area (Å²) in [6.07, 6.45) is 0.509. The fourth-order valence-corrected chi connectivity index (χ4v) is 4.94. The molecule has 0 radical (unpaired) electrons. The molecule has 0 bridgehead atoms. The number of hydrogen-bond acceptors (Lipinski definition) is 2. The van der Waals surface area contributed by atoms with Crippen molar-refractivity contribution in [1.82, 2.24) is 0 Å². The molecule has 0 aromatic heterocycles. The monoisotopic (exact) mass is 324 g/mol. The van der Waals surface area contributed by atoms with Gasteiger partial charge in [0.1, 0.15) is 11.6 Å². The molecule has 17 heavy (non-hydrogen) atoms. The third-order valence-electron chi connectivity index (χ3n) is 2.94. The highest BCUT2D eigenvalue weighted by molar-refractivity contribution is 9.09. The van der Waals surface area contributed by atoms with Crippen molar-refractivity contribution in [2.75, 3.05) is 11.5 Å². The zero-order valence-corrected chi connectivity index (χ0v) is 11.3. The Labute approximate surface area is 107 Å². The van der Waals surface area contributed by atoms with Crippen molar-refractivity contribution < 1.29 is 17.2 Å². The normalized spacial score (nSPS) is 24.8. The highest BCUT2D eigenvalue weighted by atomic mass is 79.9. The average Bonchev–Trinajstić information content (AvgIpc) is 2.58. The summed E-state index contributed by atoms with van der Waals surface area (Å²) in [5.41, 5.74) is 0.313. The van der Waals surface area contributed by atoms with Crippen LogP contribution in [0.25, 0.3) is 0 Å². The third-order valence-corrected chi connectivity index (χ3v) is 5.98. The summed E-state index contributed by atoms with van der Waals surface area (Å²) in [5.74, 6) is -1.23. The van der Waals surface area contributed by atoms with Crippen LogP contribution in [0.3, 0.4) is 0 Å². The summed E-state index contributed by atoms with van der Waals surface area (Å²) in [6, 6.07) is 3.35. The van der Waals surface area contributed by atoms with Gasteiger partial charge in [0.15, 0.2) is 9.84 Å². The van der Waals surface area contributed by atoms with Crippen molar-refractivity contribution in [3.05, 3.63) is 35.4 Å². The summed E-state index contributed by atoms with van der Waals surface area (Å²) in [6.45, 7) is 0. The van der Waals surface area contributed by atoms with E-state index in [0.29, 0.717) is 12.0 Å². The van der Waals surface area contributed by atoms with Crippen molar-refractivity contribution in [2.24, 2.45) is 5.92 Å². The van der Waals surface area contributed by atoms with E-state index >= 15 is 0 Å². The van der Waals surface area contributed by atoms with Crippen LogP contribution in [0.2, 0.25) is 0 Å². The zero-order valence-electron chi connectivity index (χ0n) is 8.87. The van der Waals surface area contributed by atoms with E-state index < -0.39 is 21.5 Å². The highest BCUT2D eigenvalue weighted by Crippen LogP contribution is 2.38. The Morgan fingerprint density at radius 3 is 2.59 bits per heavy atom. The maximum Gasteiger partial charge on any atom is 0.150 e. The largest absolute Gasteiger partial charge is 0.229 e. The summed E-state index contributed by atoms with van der Waals surface area (Å²) in [4.78, 5) is -0.389. The Morgan fingerprint density at radius 1 is 1.35 bits per heavy atom. The minimum absolute atomic E-state index is 0.0553. The highest BCUT2D eigenvalue weighted by Gasteiger charge is 2.34. The molecule has 0 saturated carbocycles. The van der Waals surface area contributed by atoms with Gasteiger partial charge in [0.2, 0.25) is 0 Å². The smallest absolute Gasteiger partial charge is 0.150 e. The van der Waals surface area contributed by atoms with E-state index in [9.17, 15) is 17.2 Å². The lowest BCUT2D eigenvalue weighted by Gasteiger charge is -2.16. The van der Waals surface area contributed by atoms with E-state index in [0.717, 1.165) is 6.07 Å². The minimum atomic E-state index is -3.00. The predicted molar refractivity (Wildman–Crippen MR) is 64.8 cm³/mol. The van der Waals surface area contributed by atoms with Crippen LogP contribution in [0.4, 0.5) is 8.78 Å². The zero-order chi connectivity index (χ0) is 12.6. The van der Waals surface area contributed by atoms with Crippen LogP contribution in [0.5, 0.6) is 0 Å². The predicted octanol–water partition coefficient (Wildman–Crippen LogP) is 2.84. The van der Waals surface area contributed by atoms with E-state index in [-0.39, 0.29) is 22.3 Å². The molecular weight excluding hydrogens is 314 g/mol. The third kappa shape index (κ3) is 2.85. The second-order valence-corrected chi connectivity index (χ2v) is 7.45.